The van der Waals surface area contributed by atoms with Gasteiger partial charge in [0.1, 0.15) is 0 Å². The van der Waals surface area contributed by atoms with Gasteiger partial charge in [-0.05, 0) is 13.3 Å². The average molecular weight is 337 g/mol. The van der Waals surface area contributed by atoms with Gasteiger partial charge >= 0.3 is 6.03 Å². The van der Waals surface area contributed by atoms with E-state index in [1.165, 1.54) is 0 Å². The zero-order chi connectivity index (χ0) is 16.9. The van der Waals surface area contributed by atoms with Crippen LogP contribution in [0.4, 0.5) is 10.5 Å². The van der Waals surface area contributed by atoms with Crippen LogP contribution in [0.25, 0.3) is 0 Å². The fraction of sp³-hybridized carbons (Fsp3) is 0.750. The van der Waals surface area contributed by atoms with Gasteiger partial charge in [-0.15, -0.1) is 0 Å². The molecule has 3 rings (SSSR count). The third-order valence-corrected chi connectivity index (χ3v) is 4.68. The third-order valence-electron chi connectivity index (χ3n) is 4.68. The molecule has 2 aliphatic heterocycles. The molecule has 0 unspecified atom stereocenters. The van der Waals surface area contributed by atoms with Crippen LogP contribution in [0.3, 0.4) is 0 Å². The largest absolute Gasteiger partial charge is 0.379 e. The molecule has 2 saturated heterocycles. The molecule has 0 radical (unpaired) electrons. The Kier molecular flexibility index (Phi) is 5.70. The number of hydrogen-bond acceptors (Lipinski definition) is 5. The molecule has 0 bridgehead atoms. The molecule has 8 heteroatoms. The lowest BCUT2D eigenvalue weighted by atomic mass is 10.2. The first kappa shape index (κ1) is 17.2. The second-order valence-corrected chi connectivity index (χ2v) is 6.40. The van der Waals surface area contributed by atoms with Gasteiger partial charge in [0, 0.05) is 46.4 Å². The van der Waals surface area contributed by atoms with E-state index in [-0.39, 0.29) is 12.1 Å². The standard InChI is InChI=1S/C16H27N5O3/c1-13-15(10-17-19(13)2)18-16(22)21-4-3-7-24-14(12-21)11-20-5-8-23-9-6-20/h10,14H,3-9,11-12H2,1-2H3,(H,18,22)/t14-/m1/s1. The number of urea groups is 1. The summed E-state index contributed by atoms with van der Waals surface area (Å²) in [4.78, 5) is 16.8. The molecule has 2 aliphatic rings. The zero-order valence-electron chi connectivity index (χ0n) is 14.5. The van der Waals surface area contributed by atoms with Crippen molar-refractivity contribution in [3.05, 3.63) is 11.9 Å². The lowest BCUT2D eigenvalue weighted by Crippen LogP contribution is -2.46. The van der Waals surface area contributed by atoms with Gasteiger partial charge in [0.05, 0.1) is 36.9 Å². The van der Waals surface area contributed by atoms with Crippen molar-refractivity contribution in [1.29, 1.82) is 0 Å². The normalized spacial score (nSPS) is 23.1. The summed E-state index contributed by atoms with van der Waals surface area (Å²) < 4.78 is 13.1. The lowest BCUT2D eigenvalue weighted by molar-refractivity contribution is -0.00983. The van der Waals surface area contributed by atoms with E-state index in [2.05, 4.69) is 15.3 Å². The molecule has 3 heterocycles. The predicted molar refractivity (Wildman–Crippen MR) is 90.2 cm³/mol. The minimum Gasteiger partial charge on any atom is -0.379 e. The molecule has 0 aromatic carbocycles. The highest BCUT2D eigenvalue weighted by Crippen LogP contribution is 2.15. The van der Waals surface area contributed by atoms with Crippen molar-refractivity contribution in [2.24, 2.45) is 7.05 Å². The monoisotopic (exact) mass is 337 g/mol. The van der Waals surface area contributed by atoms with Crippen molar-refractivity contribution in [2.45, 2.75) is 19.4 Å². The maximum Gasteiger partial charge on any atom is 0.322 e. The second kappa shape index (κ2) is 7.96. The summed E-state index contributed by atoms with van der Waals surface area (Å²) in [6.45, 7) is 8.22. The highest BCUT2D eigenvalue weighted by atomic mass is 16.5. The quantitative estimate of drug-likeness (QED) is 0.878. The summed E-state index contributed by atoms with van der Waals surface area (Å²) in [7, 11) is 1.86. The van der Waals surface area contributed by atoms with Crippen LogP contribution in [-0.2, 0) is 16.5 Å². The Morgan fingerprint density at radius 2 is 2.12 bits per heavy atom. The molecule has 1 N–H and O–H groups in total. The number of aryl methyl sites for hydroxylation is 1. The summed E-state index contributed by atoms with van der Waals surface area (Å²) in [5.41, 5.74) is 1.71. The second-order valence-electron chi connectivity index (χ2n) is 6.40. The number of amides is 2. The molecule has 2 amide bonds. The van der Waals surface area contributed by atoms with E-state index >= 15 is 0 Å². The van der Waals surface area contributed by atoms with E-state index in [1.807, 2.05) is 18.9 Å². The Hall–Kier alpha value is -1.64. The lowest BCUT2D eigenvalue weighted by Gasteiger charge is -2.31. The maximum atomic E-state index is 12.6. The molecule has 0 aliphatic carbocycles. The summed E-state index contributed by atoms with van der Waals surface area (Å²) >= 11 is 0. The third kappa shape index (κ3) is 4.25. The smallest absolute Gasteiger partial charge is 0.322 e. The van der Waals surface area contributed by atoms with Crippen molar-refractivity contribution in [2.75, 3.05) is 57.9 Å². The number of carbonyl (C=O) groups is 1. The van der Waals surface area contributed by atoms with Crippen LogP contribution in [-0.4, -0.2) is 84.3 Å². The van der Waals surface area contributed by atoms with Gasteiger partial charge < -0.3 is 19.7 Å². The van der Waals surface area contributed by atoms with Gasteiger partial charge in [-0.1, -0.05) is 0 Å². The highest BCUT2D eigenvalue weighted by Gasteiger charge is 2.25. The van der Waals surface area contributed by atoms with Gasteiger partial charge in [0.25, 0.3) is 0 Å². The molecule has 134 valence electrons. The van der Waals surface area contributed by atoms with Crippen LogP contribution >= 0.6 is 0 Å². The van der Waals surface area contributed by atoms with E-state index in [1.54, 1.807) is 10.9 Å². The van der Waals surface area contributed by atoms with Crippen molar-refractivity contribution < 1.29 is 14.3 Å². The van der Waals surface area contributed by atoms with E-state index in [9.17, 15) is 4.79 Å². The van der Waals surface area contributed by atoms with E-state index in [0.29, 0.717) is 19.7 Å². The first-order chi connectivity index (χ1) is 11.6. The van der Waals surface area contributed by atoms with E-state index in [4.69, 9.17) is 9.47 Å². The molecule has 2 fully saturated rings. The number of anilines is 1. The van der Waals surface area contributed by atoms with E-state index < -0.39 is 0 Å². The molecule has 1 aromatic heterocycles. The van der Waals surface area contributed by atoms with Crippen molar-refractivity contribution in [1.82, 2.24) is 19.6 Å². The molecule has 0 saturated carbocycles. The van der Waals surface area contributed by atoms with Crippen LogP contribution in [0.15, 0.2) is 6.20 Å². The average Bonchev–Trinajstić information content (AvgIpc) is 2.79. The summed E-state index contributed by atoms with van der Waals surface area (Å²) in [6, 6.07) is -0.0800. The van der Waals surface area contributed by atoms with Gasteiger partial charge in [0.15, 0.2) is 0 Å². The van der Waals surface area contributed by atoms with Crippen LogP contribution in [0.1, 0.15) is 12.1 Å². The Bertz CT molecular complexity index is 556. The fourth-order valence-corrected chi connectivity index (χ4v) is 3.08. The van der Waals surface area contributed by atoms with Crippen LogP contribution in [0.5, 0.6) is 0 Å². The Labute approximate surface area is 142 Å². The van der Waals surface area contributed by atoms with Crippen LogP contribution < -0.4 is 5.32 Å². The first-order valence-corrected chi connectivity index (χ1v) is 8.59. The Morgan fingerprint density at radius 1 is 1.33 bits per heavy atom. The number of hydrogen-bond donors (Lipinski definition) is 1. The minimum absolute atomic E-state index is 0.0475. The summed E-state index contributed by atoms with van der Waals surface area (Å²) in [5.74, 6) is 0. The van der Waals surface area contributed by atoms with Crippen molar-refractivity contribution in [3.8, 4) is 0 Å². The minimum atomic E-state index is -0.0800. The predicted octanol–water partition coefficient (Wildman–Crippen LogP) is 0.684. The van der Waals surface area contributed by atoms with Gasteiger partial charge in [-0.3, -0.25) is 9.58 Å². The molecule has 1 aromatic rings. The number of aromatic nitrogens is 2. The van der Waals surface area contributed by atoms with Gasteiger partial charge in [-0.2, -0.15) is 5.10 Å². The van der Waals surface area contributed by atoms with Crippen LogP contribution in [0, 0.1) is 6.92 Å². The number of ether oxygens (including phenoxy) is 2. The van der Waals surface area contributed by atoms with Crippen LogP contribution in [0.2, 0.25) is 0 Å². The molecule has 0 spiro atoms. The highest BCUT2D eigenvalue weighted by molar-refractivity contribution is 5.89. The maximum absolute atomic E-state index is 12.6. The number of morpholine rings is 1. The van der Waals surface area contributed by atoms with Crippen molar-refractivity contribution >= 4 is 11.7 Å². The van der Waals surface area contributed by atoms with Crippen molar-refractivity contribution in [3.63, 3.8) is 0 Å². The molecule has 24 heavy (non-hydrogen) atoms. The Balaban J connectivity index is 1.57. The molecule has 8 nitrogen and oxygen atoms in total. The number of rotatable bonds is 3. The topological polar surface area (TPSA) is 71.9 Å². The van der Waals surface area contributed by atoms with Gasteiger partial charge in [0.2, 0.25) is 0 Å². The van der Waals surface area contributed by atoms with E-state index in [0.717, 1.165) is 50.7 Å². The molecular weight excluding hydrogens is 310 g/mol. The first-order valence-electron chi connectivity index (χ1n) is 8.59. The fourth-order valence-electron chi connectivity index (χ4n) is 3.08. The number of nitrogens with zero attached hydrogens (tertiary/aromatic N) is 4. The Morgan fingerprint density at radius 3 is 2.83 bits per heavy atom. The number of carbonyl (C=O) groups excluding carboxylic acids is 1. The van der Waals surface area contributed by atoms with Gasteiger partial charge in [-0.25, -0.2) is 4.79 Å². The summed E-state index contributed by atoms with van der Waals surface area (Å²) in [5, 5.41) is 7.13. The molecular formula is C16H27N5O3. The molecule has 1 atom stereocenters. The number of nitrogens with one attached hydrogen (secondary N) is 1. The SMILES string of the molecule is Cc1c(NC(=O)N2CCCO[C@H](CN3CCOCC3)C2)cnn1C. The summed E-state index contributed by atoms with van der Waals surface area (Å²) in [6.07, 6.45) is 2.59. The zero-order valence-corrected chi connectivity index (χ0v) is 14.5.